The highest BCUT2D eigenvalue weighted by molar-refractivity contribution is 5.82. The monoisotopic (exact) mass is 214 g/mol. The lowest BCUT2D eigenvalue weighted by atomic mass is 10.1. The Morgan fingerprint density at radius 1 is 1.43 bits per heavy atom. The second kappa shape index (κ2) is 4.80. The van der Waals surface area contributed by atoms with Gasteiger partial charge in [-0.2, -0.15) is 13.2 Å². The van der Waals surface area contributed by atoms with Gasteiger partial charge < -0.3 is 16.2 Å². The molecule has 5 nitrogen and oxygen atoms in total. The zero-order chi connectivity index (χ0) is 11.4. The fourth-order valence-electron chi connectivity index (χ4n) is 0.588. The molecule has 8 heteroatoms. The molecule has 82 valence electrons. The van der Waals surface area contributed by atoms with Crippen LogP contribution in [0.3, 0.4) is 0 Å². The molecule has 1 atom stereocenters. The minimum atomic E-state index is -5.00. The van der Waals surface area contributed by atoms with E-state index in [0.717, 1.165) is 0 Å². The van der Waals surface area contributed by atoms with Gasteiger partial charge >= 0.3 is 18.1 Å². The number of carboxylic acid groups (broad SMARTS) is 1. The van der Waals surface area contributed by atoms with E-state index in [-0.39, 0.29) is 6.54 Å². The molecule has 0 radical (unpaired) electrons. The number of carboxylic acids is 1. The fraction of sp³-hybridized carbons (Fsp3) is 0.667. The number of halogens is 3. The second-order valence-electron chi connectivity index (χ2n) is 2.48. The van der Waals surface area contributed by atoms with Gasteiger partial charge in [-0.1, -0.05) is 0 Å². The zero-order valence-corrected chi connectivity index (χ0v) is 6.97. The number of alkyl halides is 3. The van der Waals surface area contributed by atoms with Gasteiger partial charge in [0.05, 0.1) is 5.92 Å². The summed E-state index contributed by atoms with van der Waals surface area (Å²) in [6, 6.07) is 0. The van der Waals surface area contributed by atoms with E-state index in [9.17, 15) is 22.8 Å². The summed E-state index contributed by atoms with van der Waals surface area (Å²) in [4.78, 5) is 20.5. The number of nitrogens with two attached hydrogens (primary N) is 1. The number of carbonyl (C=O) groups excluding carboxylic acids is 1. The Hall–Kier alpha value is -1.31. The van der Waals surface area contributed by atoms with E-state index < -0.39 is 30.5 Å². The number of aliphatic carboxylic acids is 1. The summed E-state index contributed by atoms with van der Waals surface area (Å²) in [5.41, 5.74) is 4.96. The highest BCUT2D eigenvalue weighted by Crippen LogP contribution is 2.14. The van der Waals surface area contributed by atoms with Gasteiger partial charge in [-0.3, -0.25) is 9.59 Å². The summed E-state index contributed by atoms with van der Waals surface area (Å²) in [6.45, 7) is -0.975. The molecule has 0 aliphatic carbocycles. The van der Waals surface area contributed by atoms with Gasteiger partial charge in [-0.25, -0.2) is 0 Å². The highest BCUT2D eigenvalue weighted by atomic mass is 19.4. The number of hydrogen-bond donors (Lipinski definition) is 3. The molecule has 0 heterocycles. The SMILES string of the molecule is NCC(CNC(=O)C(F)(F)F)C(=O)O. The topological polar surface area (TPSA) is 92.4 Å². The highest BCUT2D eigenvalue weighted by Gasteiger charge is 2.38. The first kappa shape index (κ1) is 12.7. The van der Waals surface area contributed by atoms with E-state index in [1.165, 1.54) is 5.32 Å². The molecule has 0 saturated heterocycles. The quantitative estimate of drug-likeness (QED) is 0.578. The van der Waals surface area contributed by atoms with E-state index in [0.29, 0.717) is 0 Å². The lowest BCUT2D eigenvalue weighted by Gasteiger charge is -2.11. The normalized spacial score (nSPS) is 13.4. The molecule has 14 heavy (non-hydrogen) atoms. The number of hydrogen-bond acceptors (Lipinski definition) is 3. The van der Waals surface area contributed by atoms with Crippen LogP contribution in [0.4, 0.5) is 13.2 Å². The van der Waals surface area contributed by atoms with Crippen LogP contribution in [-0.2, 0) is 9.59 Å². The van der Waals surface area contributed by atoms with Crippen molar-refractivity contribution in [3.8, 4) is 0 Å². The summed E-state index contributed by atoms with van der Waals surface area (Å²) in [5, 5.41) is 9.81. The van der Waals surface area contributed by atoms with E-state index in [1.54, 1.807) is 0 Å². The summed E-state index contributed by atoms with van der Waals surface area (Å²) < 4.78 is 34.8. The van der Waals surface area contributed by atoms with Crippen molar-refractivity contribution >= 4 is 11.9 Å². The van der Waals surface area contributed by atoms with Crippen molar-refractivity contribution in [2.75, 3.05) is 13.1 Å². The van der Waals surface area contributed by atoms with Crippen LogP contribution < -0.4 is 11.1 Å². The summed E-state index contributed by atoms with van der Waals surface area (Å²) >= 11 is 0. The average molecular weight is 214 g/mol. The summed E-state index contributed by atoms with van der Waals surface area (Å²) in [5.74, 6) is -4.73. The van der Waals surface area contributed by atoms with Crippen LogP contribution in [0.2, 0.25) is 0 Å². The molecule has 0 spiro atoms. The molecule has 0 fully saturated rings. The maximum Gasteiger partial charge on any atom is 0.471 e. The molecule has 1 amide bonds. The molecular weight excluding hydrogens is 205 g/mol. The van der Waals surface area contributed by atoms with Gasteiger partial charge in [-0.05, 0) is 0 Å². The molecule has 0 rings (SSSR count). The molecule has 4 N–H and O–H groups in total. The third-order valence-corrected chi connectivity index (χ3v) is 1.40. The Morgan fingerprint density at radius 2 is 1.93 bits per heavy atom. The van der Waals surface area contributed by atoms with Crippen molar-refractivity contribution in [2.24, 2.45) is 11.7 Å². The molecule has 1 unspecified atom stereocenters. The molecule has 0 bridgehead atoms. The van der Waals surface area contributed by atoms with Crippen molar-refractivity contribution in [3.05, 3.63) is 0 Å². The van der Waals surface area contributed by atoms with Crippen LogP contribution in [0, 0.1) is 5.92 Å². The predicted octanol–water partition coefficient (Wildman–Crippen LogP) is -0.676. The second-order valence-corrected chi connectivity index (χ2v) is 2.48. The number of nitrogens with one attached hydrogen (secondary N) is 1. The van der Waals surface area contributed by atoms with E-state index in [4.69, 9.17) is 10.8 Å². The van der Waals surface area contributed by atoms with Crippen LogP contribution >= 0.6 is 0 Å². The van der Waals surface area contributed by atoms with E-state index in [2.05, 4.69) is 0 Å². The van der Waals surface area contributed by atoms with Gasteiger partial charge in [0.15, 0.2) is 0 Å². The van der Waals surface area contributed by atoms with Gasteiger partial charge in [0.2, 0.25) is 0 Å². The maximum absolute atomic E-state index is 11.6. The Morgan fingerprint density at radius 3 is 2.21 bits per heavy atom. The molecule has 0 aliphatic heterocycles. The standard InChI is InChI=1S/C6H9F3N2O3/c7-6(8,9)5(14)11-2-3(1-10)4(12)13/h3H,1-2,10H2,(H,11,14)(H,12,13). The van der Waals surface area contributed by atoms with Crippen LogP contribution in [0.5, 0.6) is 0 Å². The summed E-state index contributed by atoms with van der Waals surface area (Å²) in [6.07, 6.45) is -5.00. The smallest absolute Gasteiger partial charge is 0.471 e. The molecule has 0 aromatic heterocycles. The van der Waals surface area contributed by atoms with Crippen LogP contribution in [0.1, 0.15) is 0 Å². The third kappa shape index (κ3) is 4.08. The third-order valence-electron chi connectivity index (χ3n) is 1.40. The molecule has 0 saturated carbocycles. The molecular formula is C6H9F3N2O3. The van der Waals surface area contributed by atoms with Gasteiger partial charge in [0.1, 0.15) is 0 Å². The first-order chi connectivity index (χ1) is 6.29. The lowest BCUT2D eigenvalue weighted by Crippen LogP contribution is -2.42. The van der Waals surface area contributed by atoms with Crippen LogP contribution in [-0.4, -0.2) is 36.2 Å². The fourth-order valence-corrected chi connectivity index (χ4v) is 0.588. The van der Waals surface area contributed by atoms with Crippen molar-refractivity contribution in [1.82, 2.24) is 5.32 Å². The lowest BCUT2D eigenvalue weighted by molar-refractivity contribution is -0.173. The average Bonchev–Trinajstić information content (AvgIpc) is 2.02. The van der Waals surface area contributed by atoms with Crippen molar-refractivity contribution in [1.29, 1.82) is 0 Å². The Bertz CT molecular complexity index is 229. The molecule has 0 aliphatic rings. The van der Waals surface area contributed by atoms with Crippen LogP contribution in [0.15, 0.2) is 0 Å². The van der Waals surface area contributed by atoms with Crippen molar-refractivity contribution < 1.29 is 27.9 Å². The predicted molar refractivity (Wildman–Crippen MR) is 39.2 cm³/mol. The van der Waals surface area contributed by atoms with E-state index >= 15 is 0 Å². The van der Waals surface area contributed by atoms with E-state index in [1.807, 2.05) is 0 Å². The number of carbonyl (C=O) groups is 2. The van der Waals surface area contributed by atoms with Gasteiger partial charge in [0, 0.05) is 13.1 Å². The van der Waals surface area contributed by atoms with Gasteiger partial charge in [-0.15, -0.1) is 0 Å². The maximum atomic E-state index is 11.6. The summed E-state index contributed by atoms with van der Waals surface area (Å²) in [7, 11) is 0. The van der Waals surface area contributed by atoms with Gasteiger partial charge in [0.25, 0.3) is 0 Å². The Balaban J connectivity index is 4.05. The van der Waals surface area contributed by atoms with Crippen molar-refractivity contribution in [3.63, 3.8) is 0 Å². The molecule has 0 aromatic rings. The number of rotatable bonds is 4. The molecule has 0 aromatic carbocycles. The van der Waals surface area contributed by atoms with Crippen LogP contribution in [0.25, 0.3) is 0 Å². The minimum Gasteiger partial charge on any atom is -0.481 e. The Kier molecular flexibility index (Phi) is 4.35. The first-order valence-corrected chi connectivity index (χ1v) is 3.57. The first-order valence-electron chi connectivity index (χ1n) is 3.57. The largest absolute Gasteiger partial charge is 0.481 e. The number of amides is 1. The van der Waals surface area contributed by atoms with Crippen molar-refractivity contribution in [2.45, 2.75) is 6.18 Å². The Labute approximate surface area is 77.1 Å². The minimum absolute atomic E-state index is 0.340. The zero-order valence-electron chi connectivity index (χ0n) is 6.97.